The molecule has 1 heterocycles. The lowest BCUT2D eigenvalue weighted by Crippen LogP contribution is -2.22. The second-order valence-corrected chi connectivity index (χ2v) is 5.31. The average Bonchev–Trinajstić information content (AvgIpc) is 2.53. The zero-order chi connectivity index (χ0) is 11.9. The first-order chi connectivity index (χ1) is 7.56. The van der Waals surface area contributed by atoms with Gasteiger partial charge in [-0.3, -0.25) is 0 Å². The largest absolute Gasteiger partial charge is 0.389 e. The molecule has 1 aromatic heterocycles. The Morgan fingerprint density at radius 1 is 1.69 bits per heavy atom. The molecule has 2 rings (SSSR count). The topological polar surface area (TPSA) is 49.8 Å². The van der Waals surface area contributed by atoms with Gasteiger partial charge in [0.25, 0.3) is 0 Å². The number of allylic oxidation sites excluding steroid dienone is 1. The monoisotopic (exact) mass is 236 g/mol. The standard InChI is InChI=1S/C12H13FN2S/c1-6(2)10-8(13)3-4-9-11(10)7(5-14)12(15)16-9/h8,10H,1,3-4,15H2,2H3. The molecule has 2 unspecified atom stereocenters. The van der Waals surface area contributed by atoms with Crippen molar-refractivity contribution in [2.75, 3.05) is 5.73 Å². The number of fused-ring (bicyclic) bond motifs is 1. The fourth-order valence-electron chi connectivity index (χ4n) is 2.31. The third-order valence-electron chi connectivity index (χ3n) is 3.01. The van der Waals surface area contributed by atoms with Crippen LogP contribution in [0.3, 0.4) is 0 Å². The van der Waals surface area contributed by atoms with Gasteiger partial charge in [0.1, 0.15) is 17.2 Å². The third kappa shape index (κ3) is 1.52. The number of hydrogen-bond donors (Lipinski definition) is 1. The zero-order valence-electron chi connectivity index (χ0n) is 9.09. The van der Waals surface area contributed by atoms with Crippen molar-refractivity contribution in [2.24, 2.45) is 0 Å². The van der Waals surface area contributed by atoms with Crippen molar-refractivity contribution >= 4 is 16.3 Å². The number of nitrogen functional groups attached to an aromatic ring is 1. The van der Waals surface area contributed by atoms with E-state index in [0.717, 1.165) is 16.0 Å². The fraction of sp³-hybridized carbons (Fsp3) is 0.417. The second kappa shape index (κ2) is 3.91. The van der Waals surface area contributed by atoms with E-state index in [4.69, 9.17) is 11.0 Å². The molecule has 0 fully saturated rings. The number of nitrogens with zero attached hydrogens (tertiary/aromatic N) is 1. The van der Waals surface area contributed by atoms with E-state index in [9.17, 15) is 4.39 Å². The molecule has 0 amide bonds. The van der Waals surface area contributed by atoms with Crippen LogP contribution in [0.1, 0.15) is 35.3 Å². The van der Waals surface area contributed by atoms with Gasteiger partial charge in [-0.15, -0.1) is 11.3 Å². The highest BCUT2D eigenvalue weighted by atomic mass is 32.1. The molecule has 1 aromatic rings. The molecule has 4 heteroatoms. The molecular weight excluding hydrogens is 223 g/mol. The van der Waals surface area contributed by atoms with Crippen LogP contribution in [0.4, 0.5) is 9.39 Å². The van der Waals surface area contributed by atoms with Gasteiger partial charge in [-0.2, -0.15) is 5.26 Å². The van der Waals surface area contributed by atoms with Gasteiger partial charge < -0.3 is 5.73 Å². The lowest BCUT2D eigenvalue weighted by molar-refractivity contribution is 0.272. The smallest absolute Gasteiger partial charge is 0.111 e. The molecule has 1 aliphatic carbocycles. The molecule has 0 saturated heterocycles. The fourth-order valence-corrected chi connectivity index (χ4v) is 3.39. The maximum absolute atomic E-state index is 13.9. The molecule has 16 heavy (non-hydrogen) atoms. The van der Waals surface area contributed by atoms with Gasteiger partial charge in [-0.25, -0.2) is 4.39 Å². The van der Waals surface area contributed by atoms with Crippen LogP contribution in [-0.2, 0) is 6.42 Å². The highest BCUT2D eigenvalue weighted by molar-refractivity contribution is 7.16. The molecule has 0 spiro atoms. The molecule has 0 aliphatic heterocycles. The van der Waals surface area contributed by atoms with E-state index in [1.54, 1.807) is 6.92 Å². The average molecular weight is 236 g/mol. The molecule has 0 radical (unpaired) electrons. The number of hydrogen-bond acceptors (Lipinski definition) is 3. The Labute approximate surface area is 98.2 Å². The highest BCUT2D eigenvalue weighted by Crippen LogP contribution is 2.45. The quantitative estimate of drug-likeness (QED) is 0.761. The van der Waals surface area contributed by atoms with Crippen LogP contribution in [0.2, 0.25) is 0 Å². The summed E-state index contributed by atoms with van der Waals surface area (Å²) in [4.78, 5) is 1.05. The van der Waals surface area contributed by atoms with Crippen molar-refractivity contribution in [1.29, 1.82) is 5.26 Å². The van der Waals surface area contributed by atoms with E-state index < -0.39 is 6.17 Å². The molecule has 0 saturated carbocycles. The Morgan fingerprint density at radius 3 is 2.94 bits per heavy atom. The second-order valence-electron chi connectivity index (χ2n) is 4.17. The van der Waals surface area contributed by atoms with Crippen LogP contribution in [0.15, 0.2) is 12.2 Å². The highest BCUT2D eigenvalue weighted by Gasteiger charge is 2.34. The lowest BCUT2D eigenvalue weighted by Gasteiger charge is -2.27. The van der Waals surface area contributed by atoms with Crippen molar-refractivity contribution in [3.63, 3.8) is 0 Å². The van der Waals surface area contributed by atoms with E-state index in [0.29, 0.717) is 23.4 Å². The predicted molar refractivity (Wildman–Crippen MR) is 64.2 cm³/mol. The van der Waals surface area contributed by atoms with Gasteiger partial charge in [0.05, 0.1) is 5.56 Å². The van der Waals surface area contributed by atoms with Crippen LogP contribution in [-0.4, -0.2) is 6.17 Å². The van der Waals surface area contributed by atoms with Crippen molar-refractivity contribution in [2.45, 2.75) is 31.9 Å². The molecule has 0 aromatic carbocycles. The molecule has 2 nitrogen and oxygen atoms in total. The van der Waals surface area contributed by atoms with Crippen LogP contribution in [0.25, 0.3) is 0 Å². The Kier molecular flexibility index (Phi) is 2.73. The van der Waals surface area contributed by atoms with Gasteiger partial charge in [-0.05, 0) is 25.3 Å². The molecule has 84 valence electrons. The van der Waals surface area contributed by atoms with Gasteiger partial charge in [0.15, 0.2) is 0 Å². The number of rotatable bonds is 1. The summed E-state index contributed by atoms with van der Waals surface area (Å²) in [5.74, 6) is -0.355. The number of alkyl halides is 1. The summed E-state index contributed by atoms with van der Waals surface area (Å²) in [6.45, 7) is 5.63. The summed E-state index contributed by atoms with van der Waals surface area (Å²) in [7, 11) is 0. The van der Waals surface area contributed by atoms with Gasteiger partial charge in [0.2, 0.25) is 0 Å². The van der Waals surface area contributed by atoms with Crippen LogP contribution in [0.5, 0.6) is 0 Å². The van der Waals surface area contributed by atoms with E-state index in [1.165, 1.54) is 11.3 Å². The molecule has 2 atom stereocenters. The Hall–Kier alpha value is -1.34. The Morgan fingerprint density at radius 2 is 2.38 bits per heavy atom. The maximum Gasteiger partial charge on any atom is 0.111 e. The minimum Gasteiger partial charge on any atom is -0.389 e. The Balaban J connectivity index is 2.62. The molecule has 1 aliphatic rings. The summed E-state index contributed by atoms with van der Waals surface area (Å²) >= 11 is 1.41. The summed E-state index contributed by atoms with van der Waals surface area (Å²) < 4.78 is 13.9. The maximum atomic E-state index is 13.9. The first-order valence-corrected chi connectivity index (χ1v) is 5.98. The normalized spacial score (nSPS) is 23.6. The van der Waals surface area contributed by atoms with Gasteiger partial charge in [-0.1, -0.05) is 12.2 Å². The Bertz CT molecular complexity index is 484. The van der Waals surface area contributed by atoms with E-state index in [1.807, 2.05) is 0 Å². The third-order valence-corrected chi connectivity index (χ3v) is 4.11. The number of anilines is 1. The van der Waals surface area contributed by atoms with Crippen molar-refractivity contribution in [3.05, 3.63) is 28.2 Å². The van der Waals surface area contributed by atoms with E-state index in [2.05, 4.69) is 12.6 Å². The summed E-state index contributed by atoms with van der Waals surface area (Å²) in [6.07, 6.45) is 0.234. The van der Waals surface area contributed by atoms with Gasteiger partial charge >= 0.3 is 0 Å². The first kappa shape index (κ1) is 11.2. The van der Waals surface area contributed by atoms with Gasteiger partial charge in [0, 0.05) is 10.8 Å². The molecule has 0 bridgehead atoms. The van der Waals surface area contributed by atoms with E-state index in [-0.39, 0.29) is 5.92 Å². The zero-order valence-corrected chi connectivity index (χ0v) is 9.90. The van der Waals surface area contributed by atoms with Crippen molar-refractivity contribution in [1.82, 2.24) is 0 Å². The number of thiophene rings is 1. The number of halogens is 1. The summed E-state index contributed by atoms with van der Waals surface area (Å²) in [5, 5.41) is 9.58. The number of aryl methyl sites for hydroxylation is 1. The predicted octanol–water partition coefficient (Wildman–Crippen LogP) is 3.15. The van der Waals surface area contributed by atoms with Crippen LogP contribution in [0, 0.1) is 11.3 Å². The minimum atomic E-state index is -0.939. The first-order valence-electron chi connectivity index (χ1n) is 5.16. The lowest BCUT2D eigenvalue weighted by atomic mass is 9.80. The number of nitrogens with two attached hydrogens (primary N) is 1. The number of nitriles is 1. The van der Waals surface area contributed by atoms with Crippen LogP contribution < -0.4 is 5.73 Å². The van der Waals surface area contributed by atoms with E-state index >= 15 is 0 Å². The SMILES string of the molecule is C=C(C)C1c2c(sc(N)c2C#N)CCC1F. The van der Waals surface area contributed by atoms with Crippen molar-refractivity contribution < 1.29 is 4.39 Å². The molecular formula is C12H13FN2S. The minimum absolute atomic E-state index is 0.355. The van der Waals surface area contributed by atoms with Crippen LogP contribution >= 0.6 is 11.3 Å². The summed E-state index contributed by atoms with van der Waals surface area (Å²) in [6, 6.07) is 2.09. The summed E-state index contributed by atoms with van der Waals surface area (Å²) in [5.41, 5.74) is 7.79. The molecule has 2 N–H and O–H groups in total. The van der Waals surface area contributed by atoms with Crippen molar-refractivity contribution in [3.8, 4) is 6.07 Å².